The Labute approximate surface area is 115 Å². The smallest absolute Gasteiger partial charge is 0.0722 e. The van der Waals surface area contributed by atoms with E-state index in [-0.39, 0.29) is 0 Å². The third-order valence-corrected chi connectivity index (χ3v) is 5.80. The maximum absolute atomic E-state index is 10.7. The van der Waals surface area contributed by atoms with Crippen molar-refractivity contribution in [1.82, 2.24) is 4.90 Å². The van der Waals surface area contributed by atoms with E-state index in [0.717, 1.165) is 30.3 Å². The van der Waals surface area contributed by atoms with Gasteiger partial charge in [-0.05, 0) is 54.2 Å². The number of hydrogen-bond donors (Lipinski definition) is 1. The third-order valence-electron chi connectivity index (χ3n) is 4.10. The van der Waals surface area contributed by atoms with Crippen molar-refractivity contribution in [3.63, 3.8) is 0 Å². The molecule has 0 spiro atoms. The van der Waals surface area contributed by atoms with E-state index in [4.69, 9.17) is 0 Å². The Morgan fingerprint density at radius 2 is 2.41 bits per heavy atom. The Hall–Kier alpha value is 0.1000. The summed E-state index contributed by atoms with van der Waals surface area (Å²) in [6.45, 7) is 2.32. The van der Waals surface area contributed by atoms with E-state index in [1.165, 1.54) is 24.3 Å². The van der Waals surface area contributed by atoms with Gasteiger partial charge in [0.15, 0.2) is 0 Å². The standard InChI is InChI=1S/C13H18BrNOS/c14-10-6-12(17-9-10)8-13(16)3-5-15-4-1-2-11(15)7-13/h6,9,11,16H,1-5,7-8H2. The van der Waals surface area contributed by atoms with Crippen LogP contribution in [0.15, 0.2) is 15.9 Å². The Bertz CT molecular complexity index is 408. The first-order valence-electron chi connectivity index (χ1n) is 6.34. The normalized spacial score (nSPS) is 33.9. The van der Waals surface area contributed by atoms with Crippen molar-refractivity contribution < 1.29 is 5.11 Å². The van der Waals surface area contributed by atoms with Gasteiger partial charge in [-0.15, -0.1) is 11.3 Å². The highest BCUT2D eigenvalue weighted by atomic mass is 79.9. The highest BCUT2D eigenvalue weighted by Crippen LogP contribution is 2.36. The molecule has 0 aliphatic carbocycles. The first-order chi connectivity index (χ1) is 8.15. The van der Waals surface area contributed by atoms with Gasteiger partial charge in [-0.1, -0.05) is 0 Å². The molecule has 2 aliphatic rings. The lowest BCUT2D eigenvalue weighted by Crippen LogP contribution is -2.48. The van der Waals surface area contributed by atoms with Crippen molar-refractivity contribution in [3.05, 3.63) is 20.8 Å². The molecule has 4 heteroatoms. The minimum atomic E-state index is -0.462. The fourth-order valence-electron chi connectivity index (χ4n) is 3.24. The summed E-state index contributed by atoms with van der Waals surface area (Å²) in [7, 11) is 0. The molecule has 2 unspecified atom stereocenters. The van der Waals surface area contributed by atoms with Gasteiger partial charge in [-0.3, -0.25) is 0 Å². The number of fused-ring (bicyclic) bond motifs is 1. The summed E-state index contributed by atoms with van der Waals surface area (Å²) in [5.74, 6) is 0. The van der Waals surface area contributed by atoms with Gasteiger partial charge in [-0.25, -0.2) is 0 Å². The quantitative estimate of drug-likeness (QED) is 0.906. The summed E-state index contributed by atoms with van der Waals surface area (Å²) in [5.41, 5.74) is -0.462. The van der Waals surface area contributed by atoms with Crippen molar-refractivity contribution in [2.75, 3.05) is 13.1 Å². The van der Waals surface area contributed by atoms with Gasteiger partial charge in [0.05, 0.1) is 5.60 Å². The van der Waals surface area contributed by atoms with E-state index >= 15 is 0 Å². The number of thiophene rings is 1. The number of piperidine rings is 1. The summed E-state index contributed by atoms with van der Waals surface area (Å²) in [6.07, 6.45) is 5.30. The van der Waals surface area contributed by atoms with E-state index < -0.39 is 5.60 Å². The largest absolute Gasteiger partial charge is 0.389 e. The molecule has 2 atom stereocenters. The lowest BCUT2D eigenvalue weighted by Gasteiger charge is -2.40. The molecule has 0 saturated carbocycles. The molecule has 17 heavy (non-hydrogen) atoms. The van der Waals surface area contributed by atoms with Crippen LogP contribution in [0.4, 0.5) is 0 Å². The molecule has 2 nitrogen and oxygen atoms in total. The second-order valence-corrected chi connectivity index (χ2v) is 7.33. The predicted molar refractivity (Wildman–Crippen MR) is 74.5 cm³/mol. The molecule has 3 rings (SSSR count). The van der Waals surface area contributed by atoms with Crippen LogP contribution in [0.1, 0.15) is 30.6 Å². The summed E-state index contributed by atoms with van der Waals surface area (Å²) in [4.78, 5) is 3.85. The number of halogens is 1. The van der Waals surface area contributed by atoms with Crippen LogP contribution in [-0.4, -0.2) is 34.7 Å². The first-order valence-corrected chi connectivity index (χ1v) is 8.01. The maximum Gasteiger partial charge on any atom is 0.0722 e. The van der Waals surface area contributed by atoms with Gasteiger partial charge in [0.25, 0.3) is 0 Å². The molecule has 2 fully saturated rings. The van der Waals surface area contributed by atoms with Gasteiger partial charge in [0, 0.05) is 33.7 Å². The zero-order chi connectivity index (χ0) is 11.9. The minimum absolute atomic E-state index is 0.462. The monoisotopic (exact) mass is 315 g/mol. The van der Waals surface area contributed by atoms with Crippen molar-refractivity contribution >= 4 is 27.3 Å². The predicted octanol–water partition coefficient (Wildman–Crippen LogP) is 3.04. The summed E-state index contributed by atoms with van der Waals surface area (Å²) in [6, 6.07) is 2.78. The third kappa shape index (κ3) is 2.60. The van der Waals surface area contributed by atoms with E-state index in [0.29, 0.717) is 6.04 Å². The number of aliphatic hydroxyl groups is 1. The molecule has 94 valence electrons. The Morgan fingerprint density at radius 1 is 1.53 bits per heavy atom. The van der Waals surface area contributed by atoms with E-state index in [1.54, 1.807) is 11.3 Å². The van der Waals surface area contributed by atoms with Crippen molar-refractivity contribution in [1.29, 1.82) is 0 Å². The zero-order valence-electron chi connectivity index (χ0n) is 9.86. The van der Waals surface area contributed by atoms with Gasteiger partial charge in [-0.2, -0.15) is 0 Å². The van der Waals surface area contributed by atoms with E-state index in [9.17, 15) is 5.11 Å². The fourth-order valence-corrected chi connectivity index (χ4v) is 4.83. The lowest BCUT2D eigenvalue weighted by molar-refractivity contribution is -0.0348. The molecule has 3 heterocycles. The molecule has 1 aromatic rings. The van der Waals surface area contributed by atoms with Crippen LogP contribution in [0, 0.1) is 0 Å². The van der Waals surface area contributed by atoms with Gasteiger partial charge < -0.3 is 10.0 Å². The molecule has 2 aliphatic heterocycles. The topological polar surface area (TPSA) is 23.5 Å². The molecule has 2 saturated heterocycles. The van der Waals surface area contributed by atoms with Crippen LogP contribution in [0.3, 0.4) is 0 Å². The number of nitrogens with zero attached hydrogens (tertiary/aromatic N) is 1. The highest BCUT2D eigenvalue weighted by molar-refractivity contribution is 9.10. The average Bonchev–Trinajstić information content (AvgIpc) is 2.86. The second kappa shape index (κ2) is 4.65. The van der Waals surface area contributed by atoms with Crippen LogP contribution >= 0.6 is 27.3 Å². The molecular weight excluding hydrogens is 298 g/mol. The zero-order valence-corrected chi connectivity index (χ0v) is 12.3. The SMILES string of the molecule is OC1(Cc2cc(Br)cs2)CCN2CCCC2C1. The molecule has 0 bridgehead atoms. The summed E-state index contributed by atoms with van der Waals surface area (Å²) < 4.78 is 1.14. The van der Waals surface area contributed by atoms with Crippen molar-refractivity contribution in [3.8, 4) is 0 Å². The Morgan fingerprint density at radius 3 is 3.18 bits per heavy atom. The maximum atomic E-state index is 10.7. The van der Waals surface area contributed by atoms with E-state index in [1.807, 2.05) is 0 Å². The molecule has 1 aromatic heterocycles. The first kappa shape index (κ1) is 12.2. The van der Waals surface area contributed by atoms with Crippen LogP contribution in [0.2, 0.25) is 0 Å². The fraction of sp³-hybridized carbons (Fsp3) is 0.692. The van der Waals surface area contributed by atoms with Crippen LogP contribution in [0.25, 0.3) is 0 Å². The van der Waals surface area contributed by atoms with E-state index in [2.05, 4.69) is 32.3 Å². The second-order valence-electron chi connectivity index (χ2n) is 5.42. The van der Waals surface area contributed by atoms with Crippen LogP contribution < -0.4 is 0 Å². The molecule has 0 amide bonds. The molecule has 1 N–H and O–H groups in total. The average molecular weight is 316 g/mol. The van der Waals surface area contributed by atoms with Crippen molar-refractivity contribution in [2.24, 2.45) is 0 Å². The lowest BCUT2D eigenvalue weighted by atomic mass is 9.83. The van der Waals surface area contributed by atoms with Crippen LogP contribution in [0.5, 0.6) is 0 Å². The Balaban J connectivity index is 1.69. The van der Waals surface area contributed by atoms with Gasteiger partial charge >= 0.3 is 0 Å². The summed E-state index contributed by atoms with van der Waals surface area (Å²) >= 11 is 5.23. The van der Waals surface area contributed by atoms with Crippen LogP contribution in [-0.2, 0) is 6.42 Å². The molecular formula is C13H18BrNOS. The molecule has 0 radical (unpaired) electrons. The van der Waals surface area contributed by atoms with Gasteiger partial charge in [0.2, 0.25) is 0 Å². The Kier molecular flexibility index (Phi) is 3.32. The minimum Gasteiger partial charge on any atom is -0.389 e. The van der Waals surface area contributed by atoms with Crippen molar-refractivity contribution in [2.45, 2.75) is 43.7 Å². The van der Waals surface area contributed by atoms with Gasteiger partial charge in [0.1, 0.15) is 0 Å². The number of hydrogen-bond acceptors (Lipinski definition) is 3. The number of rotatable bonds is 2. The highest BCUT2D eigenvalue weighted by Gasteiger charge is 2.40. The molecule has 0 aromatic carbocycles. The summed E-state index contributed by atoms with van der Waals surface area (Å²) in [5, 5.41) is 12.8.